The number of hydrogen-bond acceptors (Lipinski definition) is 4. The van der Waals surface area contributed by atoms with Gasteiger partial charge in [0.1, 0.15) is 17.6 Å². The number of nitrogens with two attached hydrogens (primary N) is 1. The van der Waals surface area contributed by atoms with Gasteiger partial charge < -0.3 is 15.2 Å². The Hall–Kier alpha value is -1.75. The summed E-state index contributed by atoms with van der Waals surface area (Å²) in [7, 11) is 1.72. The molecule has 140 valence electrons. The molecule has 2 heterocycles. The third kappa shape index (κ3) is 3.68. The van der Waals surface area contributed by atoms with E-state index >= 15 is 0 Å². The van der Waals surface area contributed by atoms with Crippen molar-refractivity contribution in [3.63, 3.8) is 0 Å². The quantitative estimate of drug-likeness (QED) is 0.891. The highest BCUT2D eigenvalue weighted by Gasteiger charge is 2.32. The molecule has 2 N–H and O–H groups in total. The maximum absolute atomic E-state index is 6.45. The van der Waals surface area contributed by atoms with Crippen LogP contribution in [0.5, 0.6) is 11.5 Å². The standard InChI is InChI=1S/C21H26N2O2.ClH/c1-14-8-16-9-18(24-2)10-17(21(16)25-14)11-23-12-19(20(22)13-23)15-6-4-3-5-7-15;/h3-7,9-10,14,19-20H,8,11-13,22H2,1-2H3;1H/t14?,19-,20+;/m0./s1. The second-order valence-corrected chi connectivity index (χ2v) is 7.28. The van der Waals surface area contributed by atoms with E-state index < -0.39 is 0 Å². The van der Waals surface area contributed by atoms with Crippen LogP contribution in [-0.4, -0.2) is 37.2 Å². The average Bonchev–Trinajstić information content (AvgIpc) is 3.17. The molecule has 1 unspecified atom stereocenters. The average molecular weight is 375 g/mol. The number of hydrogen-bond donors (Lipinski definition) is 1. The lowest BCUT2D eigenvalue weighted by molar-refractivity contribution is 0.246. The normalized spacial score (nSPS) is 24.7. The predicted octanol–water partition coefficient (Wildman–Crippen LogP) is 3.37. The molecule has 3 atom stereocenters. The molecule has 0 aromatic heterocycles. The minimum absolute atomic E-state index is 0. The van der Waals surface area contributed by atoms with Crippen molar-refractivity contribution in [2.45, 2.75) is 38.0 Å². The van der Waals surface area contributed by atoms with Crippen LogP contribution in [0.2, 0.25) is 0 Å². The van der Waals surface area contributed by atoms with Crippen molar-refractivity contribution in [1.82, 2.24) is 4.90 Å². The zero-order valence-electron chi connectivity index (χ0n) is 15.4. The van der Waals surface area contributed by atoms with Crippen LogP contribution in [0.15, 0.2) is 42.5 Å². The maximum atomic E-state index is 6.45. The van der Waals surface area contributed by atoms with Gasteiger partial charge in [-0.25, -0.2) is 0 Å². The molecule has 0 amide bonds. The maximum Gasteiger partial charge on any atom is 0.127 e. The number of nitrogens with zero attached hydrogens (tertiary/aromatic N) is 1. The molecule has 1 saturated heterocycles. The van der Waals surface area contributed by atoms with Crippen LogP contribution in [0.1, 0.15) is 29.5 Å². The Morgan fingerprint density at radius 2 is 1.96 bits per heavy atom. The smallest absolute Gasteiger partial charge is 0.127 e. The summed E-state index contributed by atoms with van der Waals surface area (Å²) in [6.07, 6.45) is 1.19. The fourth-order valence-corrected chi connectivity index (χ4v) is 4.15. The largest absolute Gasteiger partial charge is 0.497 e. The highest BCUT2D eigenvalue weighted by Crippen LogP contribution is 2.38. The predicted molar refractivity (Wildman–Crippen MR) is 106 cm³/mol. The number of ether oxygens (including phenoxy) is 2. The van der Waals surface area contributed by atoms with Gasteiger partial charge in [0.25, 0.3) is 0 Å². The summed E-state index contributed by atoms with van der Waals surface area (Å²) in [5.74, 6) is 2.35. The number of methoxy groups -OCH3 is 1. The molecule has 5 heteroatoms. The van der Waals surface area contributed by atoms with Crippen molar-refractivity contribution in [3.8, 4) is 11.5 Å². The van der Waals surface area contributed by atoms with Gasteiger partial charge in [-0.1, -0.05) is 30.3 Å². The molecule has 0 spiro atoms. The van der Waals surface area contributed by atoms with Gasteiger partial charge in [0.15, 0.2) is 0 Å². The van der Waals surface area contributed by atoms with E-state index in [1.165, 1.54) is 16.7 Å². The Kier molecular flexibility index (Phi) is 5.76. The molecule has 4 rings (SSSR count). The zero-order chi connectivity index (χ0) is 17.4. The lowest BCUT2D eigenvalue weighted by atomic mass is 9.95. The van der Waals surface area contributed by atoms with Crippen molar-refractivity contribution < 1.29 is 9.47 Å². The van der Waals surface area contributed by atoms with Crippen molar-refractivity contribution in [3.05, 3.63) is 59.2 Å². The van der Waals surface area contributed by atoms with Gasteiger partial charge in [-0.3, -0.25) is 4.90 Å². The molecular weight excluding hydrogens is 348 g/mol. The number of rotatable bonds is 4. The minimum atomic E-state index is 0. The van der Waals surface area contributed by atoms with Crippen LogP contribution in [0.4, 0.5) is 0 Å². The van der Waals surface area contributed by atoms with Crippen LogP contribution < -0.4 is 15.2 Å². The lowest BCUT2D eigenvalue weighted by Gasteiger charge is -2.19. The highest BCUT2D eigenvalue weighted by atomic mass is 35.5. The van der Waals surface area contributed by atoms with E-state index in [4.69, 9.17) is 15.2 Å². The highest BCUT2D eigenvalue weighted by molar-refractivity contribution is 5.85. The van der Waals surface area contributed by atoms with E-state index in [9.17, 15) is 0 Å². The Bertz CT molecular complexity index is 753. The van der Waals surface area contributed by atoms with E-state index in [1.807, 2.05) is 0 Å². The van der Waals surface area contributed by atoms with Gasteiger partial charge >= 0.3 is 0 Å². The fraction of sp³-hybridized carbons (Fsp3) is 0.429. The SMILES string of the molecule is COc1cc2c(c(CN3C[C@@H](N)[C@H](c4ccccc4)C3)c1)OC(C)C2.Cl. The summed E-state index contributed by atoms with van der Waals surface area (Å²) in [5.41, 5.74) is 10.2. The lowest BCUT2D eigenvalue weighted by Crippen LogP contribution is -2.28. The van der Waals surface area contributed by atoms with Gasteiger partial charge in [0.05, 0.1) is 7.11 Å². The van der Waals surface area contributed by atoms with Crippen LogP contribution in [0.3, 0.4) is 0 Å². The summed E-state index contributed by atoms with van der Waals surface area (Å²) in [5, 5.41) is 0. The summed E-state index contributed by atoms with van der Waals surface area (Å²) in [6.45, 7) is 4.85. The molecule has 2 aliphatic rings. The van der Waals surface area contributed by atoms with Gasteiger partial charge in [-0.05, 0) is 24.6 Å². The summed E-state index contributed by atoms with van der Waals surface area (Å²) >= 11 is 0. The van der Waals surface area contributed by atoms with Crippen molar-refractivity contribution >= 4 is 12.4 Å². The van der Waals surface area contributed by atoms with Crippen LogP contribution in [0.25, 0.3) is 0 Å². The second kappa shape index (κ2) is 7.87. The van der Waals surface area contributed by atoms with Crippen LogP contribution >= 0.6 is 12.4 Å². The molecule has 0 radical (unpaired) electrons. The van der Waals surface area contributed by atoms with Gasteiger partial charge in [-0.2, -0.15) is 0 Å². The summed E-state index contributed by atoms with van der Waals surface area (Å²) in [4.78, 5) is 2.43. The molecule has 4 nitrogen and oxygen atoms in total. The first-order chi connectivity index (χ1) is 12.1. The third-order valence-electron chi connectivity index (χ3n) is 5.34. The van der Waals surface area contributed by atoms with Gasteiger partial charge in [-0.15, -0.1) is 12.4 Å². The zero-order valence-corrected chi connectivity index (χ0v) is 16.2. The topological polar surface area (TPSA) is 47.7 Å². The first kappa shape index (κ1) is 19.0. The number of halogens is 1. The number of fused-ring (bicyclic) bond motifs is 1. The van der Waals surface area contributed by atoms with E-state index in [-0.39, 0.29) is 24.6 Å². The first-order valence-corrected chi connectivity index (χ1v) is 9.03. The molecule has 2 aromatic carbocycles. The van der Waals surface area contributed by atoms with E-state index in [0.717, 1.165) is 37.6 Å². The van der Waals surface area contributed by atoms with Crippen molar-refractivity contribution in [1.29, 1.82) is 0 Å². The number of likely N-dealkylation sites (tertiary alicyclic amines) is 1. The Labute approximate surface area is 161 Å². The summed E-state index contributed by atoms with van der Waals surface area (Å²) in [6, 6.07) is 15.0. The van der Waals surface area contributed by atoms with E-state index in [0.29, 0.717) is 5.92 Å². The Morgan fingerprint density at radius 3 is 2.69 bits per heavy atom. The van der Waals surface area contributed by atoms with Crippen molar-refractivity contribution in [2.24, 2.45) is 5.73 Å². The monoisotopic (exact) mass is 374 g/mol. The number of benzene rings is 2. The van der Waals surface area contributed by atoms with Crippen molar-refractivity contribution in [2.75, 3.05) is 20.2 Å². The van der Waals surface area contributed by atoms with Gasteiger partial charge in [0.2, 0.25) is 0 Å². The third-order valence-corrected chi connectivity index (χ3v) is 5.34. The first-order valence-electron chi connectivity index (χ1n) is 9.03. The molecule has 1 fully saturated rings. The van der Waals surface area contributed by atoms with E-state index in [2.05, 4.69) is 54.3 Å². The molecule has 2 aromatic rings. The van der Waals surface area contributed by atoms with E-state index in [1.54, 1.807) is 7.11 Å². The minimum Gasteiger partial charge on any atom is -0.497 e. The second-order valence-electron chi connectivity index (χ2n) is 7.28. The molecule has 0 saturated carbocycles. The molecular formula is C21H27ClN2O2. The Morgan fingerprint density at radius 1 is 1.19 bits per heavy atom. The molecule has 2 aliphatic heterocycles. The van der Waals surface area contributed by atoms with Crippen LogP contribution in [-0.2, 0) is 13.0 Å². The van der Waals surface area contributed by atoms with Gasteiger partial charge in [0, 0.05) is 49.1 Å². The Balaban J connectivity index is 0.00000196. The molecule has 26 heavy (non-hydrogen) atoms. The molecule has 0 aliphatic carbocycles. The fourth-order valence-electron chi connectivity index (χ4n) is 4.15. The summed E-state index contributed by atoms with van der Waals surface area (Å²) < 4.78 is 11.6. The molecule has 0 bridgehead atoms. The van der Waals surface area contributed by atoms with Crippen LogP contribution in [0, 0.1) is 0 Å².